The van der Waals surface area contributed by atoms with Gasteiger partial charge in [0.25, 0.3) is 0 Å². The number of sulfone groups is 1. The summed E-state index contributed by atoms with van der Waals surface area (Å²) in [5.41, 5.74) is 0. The first-order chi connectivity index (χ1) is 10.6. The van der Waals surface area contributed by atoms with Gasteiger partial charge in [0.05, 0.1) is 9.77 Å². The normalized spacial score (nSPS) is 11.5. The van der Waals surface area contributed by atoms with Crippen molar-refractivity contribution in [3.05, 3.63) is 47.8 Å². The van der Waals surface area contributed by atoms with Crippen molar-refractivity contribution in [2.75, 3.05) is 11.9 Å². The molecular weight excluding hydrogens is 320 g/mol. The molecule has 3 rings (SSSR count). The van der Waals surface area contributed by atoms with Gasteiger partial charge < -0.3 is 9.73 Å². The molecule has 2 aromatic heterocycles. The molecule has 0 aliphatic rings. The van der Waals surface area contributed by atoms with E-state index in [1.807, 2.05) is 24.4 Å². The van der Waals surface area contributed by atoms with E-state index in [9.17, 15) is 8.42 Å². The Kier molecular flexibility index (Phi) is 4.00. The first-order valence-corrected chi connectivity index (χ1v) is 9.08. The Labute approximate surface area is 132 Å². The third-order valence-electron chi connectivity index (χ3n) is 2.97. The fourth-order valence-corrected chi connectivity index (χ4v) is 3.93. The van der Waals surface area contributed by atoms with Crippen LogP contribution in [0.2, 0.25) is 0 Å². The van der Waals surface area contributed by atoms with E-state index >= 15 is 0 Å². The molecule has 0 atom stereocenters. The van der Waals surface area contributed by atoms with E-state index in [1.54, 1.807) is 30.3 Å². The molecule has 3 aromatic rings. The van der Waals surface area contributed by atoms with Gasteiger partial charge in [-0.15, -0.1) is 11.3 Å². The SMILES string of the molecule is CCNc1oc(-c2cccs2)nc1S(=O)(=O)c1ccccc1. The summed E-state index contributed by atoms with van der Waals surface area (Å²) < 4.78 is 31.1. The second-order valence-corrected chi connectivity index (χ2v) is 7.29. The number of nitrogens with zero attached hydrogens (tertiary/aromatic N) is 1. The van der Waals surface area contributed by atoms with Gasteiger partial charge in [-0.3, -0.25) is 0 Å². The van der Waals surface area contributed by atoms with Crippen LogP contribution < -0.4 is 5.32 Å². The largest absolute Gasteiger partial charge is 0.418 e. The van der Waals surface area contributed by atoms with Gasteiger partial charge in [-0.05, 0) is 30.5 Å². The third-order valence-corrected chi connectivity index (χ3v) is 5.51. The Bertz CT molecular complexity index is 854. The lowest BCUT2D eigenvalue weighted by atomic mass is 10.4. The predicted octanol–water partition coefficient (Wildman–Crippen LogP) is 3.67. The molecule has 0 bridgehead atoms. The molecule has 0 radical (unpaired) electrons. The molecule has 1 aromatic carbocycles. The van der Waals surface area contributed by atoms with Crippen molar-refractivity contribution in [1.82, 2.24) is 4.98 Å². The molecule has 2 heterocycles. The van der Waals surface area contributed by atoms with Crippen LogP contribution >= 0.6 is 11.3 Å². The summed E-state index contributed by atoms with van der Waals surface area (Å²) in [4.78, 5) is 5.19. The van der Waals surface area contributed by atoms with Crippen LogP contribution in [0, 0.1) is 0 Å². The number of rotatable bonds is 5. The quantitative estimate of drug-likeness (QED) is 0.771. The highest BCUT2D eigenvalue weighted by Crippen LogP contribution is 2.33. The number of anilines is 1. The van der Waals surface area contributed by atoms with Gasteiger partial charge >= 0.3 is 0 Å². The molecule has 0 unspecified atom stereocenters. The van der Waals surface area contributed by atoms with E-state index in [1.165, 1.54) is 11.3 Å². The minimum atomic E-state index is -3.72. The van der Waals surface area contributed by atoms with Crippen molar-refractivity contribution < 1.29 is 12.8 Å². The Morgan fingerprint density at radius 3 is 2.59 bits per heavy atom. The highest BCUT2D eigenvalue weighted by Gasteiger charge is 2.28. The molecule has 0 saturated carbocycles. The number of oxazole rings is 1. The average molecular weight is 334 g/mol. The second-order valence-electron chi connectivity index (χ2n) is 4.48. The molecule has 0 fully saturated rings. The Hall–Kier alpha value is -2.12. The lowest BCUT2D eigenvalue weighted by Gasteiger charge is -2.03. The second kappa shape index (κ2) is 5.94. The van der Waals surface area contributed by atoms with Crippen LogP contribution in [-0.2, 0) is 9.84 Å². The van der Waals surface area contributed by atoms with Crippen molar-refractivity contribution in [2.24, 2.45) is 0 Å². The number of aromatic nitrogens is 1. The fourth-order valence-electron chi connectivity index (χ4n) is 1.98. The lowest BCUT2D eigenvalue weighted by Crippen LogP contribution is -2.06. The molecule has 0 aliphatic heterocycles. The zero-order valence-electron chi connectivity index (χ0n) is 11.8. The summed E-state index contributed by atoms with van der Waals surface area (Å²) in [6, 6.07) is 11.9. The topological polar surface area (TPSA) is 72.2 Å². The average Bonchev–Trinajstić information content (AvgIpc) is 3.17. The van der Waals surface area contributed by atoms with E-state index in [-0.39, 0.29) is 15.8 Å². The number of benzene rings is 1. The lowest BCUT2D eigenvalue weighted by molar-refractivity contribution is 0.579. The monoisotopic (exact) mass is 334 g/mol. The smallest absolute Gasteiger partial charge is 0.240 e. The van der Waals surface area contributed by atoms with Gasteiger partial charge in [0, 0.05) is 6.54 Å². The Morgan fingerprint density at radius 2 is 1.95 bits per heavy atom. The van der Waals surface area contributed by atoms with Crippen molar-refractivity contribution in [1.29, 1.82) is 0 Å². The zero-order valence-corrected chi connectivity index (χ0v) is 13.4. The summed E-state index contributed by atoms with van der Waals surface area (Å²) in [5, 5.41) is 4.74. The fraction of sp³-hybridized carbons (Fsp3) is 0.133. The predicted molar refractivity (Wildman–Crippen MR) is 85.9 cm³/mol. The van der Waals surface area contributed by atoms with Crippen LogP contribution in [0.4, 0.5) is 5.88 Å². The summed E-state index contributed by atoms with van der Waals surface area (Å²) in [5.74, 6) is 0.482. The molecule has 0 spiro atoms. The zero-order chi connectivity index (χ0) is 15.6. The maximum atomic E-state index is 12.8. The Balaban J connectivity index is 2.13. The van der Waals surface area contributed by atoms with Gasteiger partial charge in [0.1, 0.15) is 0 Å². The van der Waals surface area contributed by atoms with Crippen LogP contribution in [0.5, 0.6) is 0 Å². The standard InChI is InChI=1S/C15H14N2O3S2/c1-2-16-14-15(17-13(20-14)12-9-6-10-21-12)22(18,19)11-7-4-3-5-8-11/h3-10,16H,2H2,1H3. The Morgan fingerprint density at radius 1 is 1.18 bits per heavy atom. The minimum absolute atomic E-state index is 0.0797. The van der Waals surface area contributed by atoms with Crippen LogP contribution in [0.3, 0.4) is 0 Å². The van der Waals surface area contributed by atoms with Crippen molar-refractivity contribution in [3.63, 3.8) is 0 Å². The molecule has 0 saturated heterocycles. The number of thiophene rings is 1. The first-order valence-electron chi connectivity index (χ1n) is 6.71. The first kappa shape index (κ1) is 14.8. The van der Waals surface area contributed by atoms with Crippen LogP contribution in [0.15, 0.2) is 62.2 Å². The number of hydrogen-bond donors (Lipinski definition) is 1. The van der Waals surface area contributed by atoms with Crippen LogP contribution in [-0.4, -0.2) is 19.9 Å². The van der Waals surface area contributed by atoms with Crippen molar-refractivity contribution in [3.8, 4) is 10.8 Å². The molecule has 22 heavy (non-hydrogen) atoms. The summed E-state index contributed by atoms with van der Waals surface area (Å²) >= 11 is 1.44. The summed E-state index contributed by atoms with van der Waals surface area (Å²) in [6.45, 7) is 2.41. The number of hydrogen-bond acceptors (Lipinski definition) is 6. The van der Waals surface area contributed by atoms with E-state index in [0.717, 1.165) is 4.88 Å². The van der Waals surface area contributed by atoms with Crippen LogP contribution in [0.1, 0.15) is 6.92 Å². The number of nitrogens with one attached hydrogen (secondary N) is 1. The molecule has 114 valence electrons. The third kappa shape index (κ3) is 2.65. The molecule has 5 nitrogen and oxygen atoms in total. The van der Waals surface area contributed by atoms with Gasteiger partial charge in [0.2, 0.25) is 26.6 Å². The highest BCUT2D eigenvalue weighted by molar-refractivity contribution is 7.91. The summed E-state index contributed by atoms with van der Waals surface area (Å²) in [7, 11) is -3.72. The molecule has 0 aliphatic carbocycles. The molecule has 0 amide bonds. The van der Waals surface area contributed by atoms with Gasteiger partial charge in [0.15, 0.2) is 0 Å². The van der Waals surface area contributed by atoms with Gasteiger partial charge in [-0.2, -0.15) is 4.98 Å². The van der Waals surface area contributed by atoms with Gasteiger partial charge in [-0.25, -0.2) is 8.42 Å². The molecular formula is C15H14N2O3S2. The van der Waals surface area contributed by atoms with E-state index in [2.05, 4.69) is 10.3 Å². The van der Waals surface area contributed by atoms with Crippen molar-refractivity contribution >= 4 is 27.1 Å². The van der Waals surface area contributed by atoms with E-state index in [0.29, 0.717) is 12.4 Å². The van der Waals surface area contributed by atoms with E-state index in [4.69, 9.17) is 4.42 Å². The maximum Gasteiger partial charge on any atom is 0.240 e. The molecule has 1 N–H and O–H groups in total. The minimum Gasteiger partial charge on any atom is -0.418 e. The van der Waals surface area contributed by atoms with Crippen LogP contribution in [0.25, 0.3) is 10.8 Å². The van der Waals surface area contributed by atoms with E-state index < -0.39 is 9.84 Å². The summed E-state index contributed by atoms with van der Waals surface area (Å²) in [6.07, 6.45) is 0. The maximum absolute atomic E-state index is 12.8. The highest BCUT2D eigenvalue weighted by atomic mass is 32.2. The molecule has 7 heteroatoms. The van der Waals surface area contributed by atoms with Crippen molar-refractivity contribution in [2.45, 2.75) is 16.8 Å². The van der Waals surface area contributed by atoms with Gasteiger partial charge in [-0.1, -0.05) is 24.3 Å².